The molecule has 7 nitrogen and oxygen atoms in total. The van der Waals surface area contributed by atoms with Gasteiger partial charge in [0, 0.05) is 13.1 Å². The van der Waals surface area contributed by atoms with Crippen molar-refractivity contribution < 1.29 is 22.7 Å². The molecular formula is C23H30N2O5S. The summed E-state index contributed by atoms with van der Waals surface area (Å²) in [7, 11) is -0.523. The van der Waals surface area contributed by atoms with Gasteiger partial charge in [0.15, 0.2) is 0 Å². The first-order valence-corrected chi connectivity index (χ1v) is 11.8. The van der Waals surface area contributed by atoms with Crippen LogP contribution in [0.2, 0.25) is 0 Å². The maximum Gasteiger partial charge on any atom is 0.243 e. The molecule has 0 radical (unpaired) electrons. The largest absolute Gasteiger partial charge is 0.496 e. The van der Waals surface area contributed by atoms with Crippen LogP contribution in [-0.4, -0.2) is 45.9 Å². The summed E-state index contributed by atoms with van der Waals surface area (Å²) in [6.07, 6.45) is 1.29. The van der Waals surface area contributed by atoms with E-state index in [1.165, 1.54) is 4.31 Å². The van der Waals surface area contributed by atoms with Gasteiger partial charge in [-0.15, -0.1) is 0 Å². The first-order valence-electron chi connectivity index (χ1n) is 10.3. The highest BCUT2D eigenvalue weighted by molar-refractivity contribution is 7.89. The minimum atomic E-state index is -3.66. The van der Waals surface area contributed by atoms with Gasteiger partial charge in [0.25, 0.3) is 0 Å². The Labute approximate surface area is 184 Å². The Bertz CT molecular complexity index is 1030. The molecule has 0 unspecified atom stereocenters. The van der Waals surface area contributed by atoms with Crippen LogP contribution in [0.15, 0.2) is 41.3 Å². The molecule has 168 valence electrons. The molecule has 0 aliphatic carbocycles. The summed E-state index contributed by atoms with van der Waals surface area (Å²) in [5, 5.41) is 2.93. The van der Waals surface area contributed by atoms with Crippen molar-refractivity contribution >= 4 is 15.9 Å². The van der Waals surface area contributed by atoms with Gasteiger partial charge in [-0.05, 0) is 56.0 Å². The fourth-order valence-corrected chi connectivity index (χ4v) is 5.75. The zero-order valence-corrected chi connectivity index (χ0v) is 19.3. The number of rotatable bonds is 7. The van der Waals surface area contributed by atoms with Gasteiger partial charge in [-0.3, -0.25) is 4.79 Å². The maximum atomic E-state index is 13.2. The van der Waals surface area contributed by atoms with E-state index in [1.807, 2.05) is 37.3 Å². The number of nitrogens with zero attached hydrogens (tertiary/aromatic N) is 1. The highest BCUT2D eigenvalue weighted by Crippen LogP contribution is 2.29. The second-order valence-corrected chi connectivity index (χ2v) is 9.74. The van der Waals surface area contributed by atoms with Gasteiger partial charge >= 0.3 is 0 Å². The van der Waals surface area contributed by atoms with Gasteiger partial charge in [-0.1, -0.05) is 18.2 Å². The van der Waals surface area contributed by atoms with E-state index in [1.54, 1.807) is 27.2 Å². The zero-order chi connectivity index (χ0) is 22.6. The van der Waals surface area contributed by atoms with Crippen LogP contribution in [0.1, 0.15) is 29.5 Å². The first-order chi connectivity index (χ1) is 14.8. The molecule has 1 aliphatic rings. The van der Waals surface area contributed by atoms with Gasteiger partial charge in [-0.25, -0.2) is 8.42 Å². The van der Waals surface area contributed by atoms with E-state index in [-0.39, 0.29) is 19.0 Å². The highest BCUT2D eigenvalue weighted by atomic mass is 32.2. The molecule has 3 rings (SSSR count). The van der Waals surface area contributed by atoms with Crippen molar-refractivity contribution in [2.24, 2.45) is 5.92 Å². The third-order valence-electron chi connectivity index (χ3n) is 5.69. The molecule has 2 aromatic carbocycles. The molecule has 1 N–H and O–H groups in total. The van der Waals surface area contributed by atoms with Crippen molar-refractivity contribution in [3.8, 4) is 11.5 Å². The van der Waals surface area contributed by atoms with E-state index >= 15 is 0 Å². The summed E-state index contributed by atoms with van der Waals surface area (Å²) in [5.74, 6) is 0.674. The molecule has 31 heavy (non-hydrogen) atoms. The average molecular weight is 447 g/mol. The lowest BCUT2D eigenvalue weighted by atomic mass is 9.98. The lowest BCUT2D eigenvalue weighted by Gasteiger charge is -2.31. The Morgan fingerprint density at radius 2 is 1.81 bits per heavy atom. The van der Waals surface area contributed by atoms with Gasteiger partial charge in [0.2, 0.25) is 15.9 Å². The highest BCUT2D eigenvalue weighted by Gasteiger charge is 2.34. The third kappa shape index (κ3) is 5.02. The Morgan fingerprint density at radius 1 is 1.13 bits per heavy atom. The predicted molar refractivity (Wildman–Crippen MR) is 119 cm³/mol. The van der Waals surface area contributed by atoms with E-state index in [2.05, 4.69) is 5.32 Å². The average Bonchev–Trinajstić information content (AvgIpc) is 2.78. The molecule has 1 aliphatic heterocycles. The number of methoxy groups -OCH3 is 2. The number of benzene rings is 2. The standard InChI is InChI=1S/C23H30N2O5S/c1-16-10-11-17(2)22(13-16)31(27,28)25-12-6-7-18(15-25)23(26)24-14-19-20(29-3)8-5-9-21(19)30-4/h5,8-11,13,18H,6-7,12,14-15H2,1-4H3,(H,24,26)/t18-/m1/s1. The number of hydrogen-bond acceptors (Lipinski definition) is 5. The molecule has 0 bridgehead atoms. The first kappa shape index (κ1) is 23.1. The molecule has 2 aromatic rings. The van der Waals surface area contributed by atoms with E-state index in [4.69, 9.17) is 9.47 Å². The fraction of sp³-hybridized carbons (Fsp3) is 0.435. The van der Waals surface area contributed by atoms with Crippen LogP contribution < -0.4 is 14.8 Å². The van der Waals surface area contributed by atoms with E-state index in [9.17, 15) is 13.2 Å². The minimum Gasteiger partial charge on any atom is -0.496 e. The van der Waals surface area contributed by atoms with Crippen LogP contribution in [0, 0.1) is 19.8 Å². The number of carbonyl (C=O) groups excluding carboxylic acids is 1. The van der Waals surface area contributed by atoms with Crippen LogP contribution in [0.4, 0.5) is 0 Å². The van der Waals surface area contributed by atoms with Crippen molar-refractivity contribution in [1.82, 2.24) is 9.62 Å². The quantitative estimate of drug-likeness (QED) is 0.707. The van der Waals surface area contributed by atoms with Crippen LogP contribution in [0.5, 0.6) is 11.5 Å². The normalized spacial score (nSPS) is 17.2. The molecule has 1 saturated heterocycles. The van der Waals surface area contributed by atoms with Gasteiger partial charge in [0.05, 0.1) is 37.1 Å². The number of carbonyl (C=O) groups is 1. The molecule has 1 fully saturated rings. The number of amides is 1. The second kappa shape index (κ2) is 9.70. The maximum absolute atomic E-state index is 13.2. The fourth-order valence-electron chi connectivity index (χ4n) is 3.92. The molecule has 1 atom stereocenters. The number of nitrogens with one attached hydrogen (secondary N) is 1. The van der Waals surface area contributed by atoms with Gasteiger partial charge in [-0.2, -0.15) is 4.31 Å². The zero-order valence-electron chi connectivity index (χ0n) is 18.5. The van der Waals surface area contributed by atoms with Crippen LogP contribution >= 0.6 is 0 Å². The van der Waals surface area contributed by atoms with Crippen molar-refractivity contribution in [3.05, 3.63) is 53.1 Å². The molecule has 8 heteroatoms. The topological polar surface area (TPSA) is 84.9 Å². The summed E-state index contributed by atoms with van der Waals surface area (Å²) in [4.78, 5) is 13.2. The number of sulfonamides is 1. The Morgan fingerprint density at radius 3 is 2.45 bits per heavy atom. The lowest BCUT2D eigenvalue weighted by Crippen LogP contribution is -2.45. The monoisotopic (exact) mass is 446 g/mol. The molecule has 0 aromatic heterocycles. The van der Waals surface area contributed by atoms with Crippen molar-refractivity contribution in [1.29, 1.82) is 0 Å². The Kier molecular flexibility index (Phi) is 7.23. The van der Waals surface area contributed by atoms with Crippen molar-refractivity contribution in [2.75, 3.05) is 27.3 Å². The molecule has 0 spiro atoms. The van der Waals surface area contributed by atoms with E-state index in [0.29, 0.717) is 41.3 Å². The molecule has 0 saturated carbocycles. The summed E-state index contributed by atoms with van der Waals surface area (Å²) < 4.78 is 38.7. The molecule has 1 amide bonds. The minimum absolute atomic E-state index is 0.171. The van der Waals surface area contributed by atoms with Crippen molar-refractivity contribution in [2.45, 2.75) is 38.1 Å². The Hall–Kier alpha value is -2.58. The second-order valence-electron chi connectivity index (χ2n) is 7.83. The third-order valence-corrected chi connectivity index (χ3v) is 7.69. The number of ether oxygens (including phenoxy) is 2. The predicted octanol–water partition coefficient (Wildman–Crippen LogP) is 3.04. The Balaban J connectivity index is 1.72. The van der Waals surface area contributed by atoms with Crippen LogP contribution in [-0.2, 0) is 21.4 Å². The molecular weight excluding hydrogens is 416 g/mol. The van der Waals surface area contributed by atoms with Crippen LogP contribution in [0.3, 0.4) is 0 Å². The number of piperidine rings is 1. The van der Waals surface area contributed by atoms with Crippen LogP contribution in [0.25, 0.3) is 0 Å². The summed E-state index contributed by atoms with van der Waals surface area (Å²) in [6.45, 7) is 4.49. The van der Waals surface area contributed by atoms with Gasteiger partial charge < -0.3 is 14.8 Å². The van der Waals surface area contributed by atoms with Crippen molar-refractivity contribution in [3.63, 3.8) is 0 Å². The molecule has 1 heterocycles. The van der Waals surface area contributed by atoms with E-state index in [0.717, 1.165) is 11.1 Å². The van der Waals surface area contributed by atoms with E-state index < -0.39 is 15.9 Å². The SMILES string of the molecule is COc1cccc(OC)c1CNC(=O)[C@@H]1CCCN(S(=O)(=O)c2cc(C)ccc2C)C1. The summed E-state index contributed by atoms with van der Waals surface area (Å²) >= 11 is 0. The van der Waals surface area contributed by atoms with Gasteiger partial charge in [0.1, 0.15) is 11.5 Å². The summed E-state index contributed by atoms with van der Waals surface area (Å²) in [6, 6.07) is 10.8. The lowest BCUT2D eigenvalue weighted by molar-refractivity contribution is -0.126. The summed E-state index contributed by atoms with van der Waals surface area (Å²) in [5.41, 5.74) is 2.35. The smallest absolute Gasteiger partial charge is 0.243 e. The number of aryl methyl sites for hydroxylation is 2. The number of hydrogen-bond donors (Lipinski definition) is 1.